The van der Waals surface area contributed by atoms with Crippen LogP contribution in [0.1, 0.15) is 58.8 Å². The monoisotopic (exact) mass is 269 g/mol. The van der Waals surface area contributed by atoms with Gasteiger partial charge in [0.05, 0.1) is 19.3 Å². The number of carbonyl (C=O) groups is 1. The molecule has 0 amide bonds. The van der Waals surface area contributed by atoms with Gasteiger partial charge >= 0.3 is 5.97 Å². The Bertz CT molecular complexity index is 303. The van der Waals surface area contributed by atoms with E-state index in [9.17, 15) is 4.79 Å². The molecule has 4 nitrogen and oxygen atoms in total. The molecule has 2 aliphatic rings. The van der Waals surface area contributed by atoms with Crippen LogP contribution in [0.5, 0.6) is 0 Å². The molecule has 110 valence electrons. The normalized spacial score (nSPS) is 37.0. The van der Waals surface area contributed by atoms with E-state index in [0.29, 0.717) is 18.9 Å². The van der Waals surface area contributed by atoms with Gasteiger partial charge < -0.3 is 9.47 Å². The molecule has 2 unspecified atom stereocenters. The van der Waals surface area contributed by atoms with Crippen molar-refractivity contribution in [3.63, 3.8) is 0 Å². The van der Waals surface area contributed by atoms with E-state index in [-0.39, 0.29) is 18.2 Å². The number of carbonyl (C=O) groups excluding carboxylic acids is 1. The molecule has 19 heavy (non-hydrogen) atoms. The fourth-order valence-electron chi connectivity index (χ4n) is 3.73. The average Bonchev–Trinajstić information content (AvgIpc) is 2.37. The summed E-state index contributed by atoms with van der Waals surface area (Å²) in [7, 11) is 1.48. The van der Waals surface area contributed by atoms with Gasteiger partial charge in [-0.3, -0.25) is 10.1 Å². The van der Waals surface area contributed by atoms with Crippen LogP contribution in [0.25, 0.3) is 0 Å². The lowest BCUT2D eigenvalue weighted by Crippen LogP contribution is -2.62. The van der Waals surface area contributed by atoms with E-state index in [1.54, 1.807) is 0 Å². The summed E-state index contributed by atoms with van der Waals surface area (Å²) < 4.78 is 10.9. The molecule has 1 N–H and O–H groups in total. The minimum absolute atomic E-state index is 0.0962. The molecule has 1 heterocycles. The second-order valence-electron chi connectivity index (χ2n) is 6.22. The minimum Gasteiger partial charge on any atom is -0.468 e. The van der Waals surface area contributed by atoms with Gasteiger partial charge in [-0.15, -0.1) is 0 Å². The summed E-state index contributed by atoms with van der Waals surface area (Å²) in [6, 6.07) is 0.449. The molecule has 1 saturated carbocycles. The summed E-state index contributed by atoms with van der Waals surface area (Å²) in [6.07, 6.45) is 7.79. The van der Waals surface area contributed by atoms with Gasteiger partial charge in [0.25, 0.3) is 0 Å². The van der Waals surface area contributed by atoms with E-state index >= 15 is 0 Å². The van der Waals surface area contributed by atoms with Crippen LogP contribution >= 0.6 is 0 Å². The molecule has 0 bridgehead atoms. The molecule has 0 aromatic carbocycles. The Kier molecular flexibility index (Phi) is 4.85. The van der Waals surface area contributed by atoms with Gasteiger partial charge in [-0.25, -0.2) is 0 Å². The molecule has 0 aromatic rings. The number of hydrogen-bond donors (Lipinski definition) is 1. The molecule has 2 rings (SSSR count). The van der Waals surface area contributed by atoms with Crippen molar-refractivity contribution in [1.29, 1.82) is 0 Å². The molecule has 1 aliphatic carbocycles. The Morgan fingerprint density at radius 2 is 1.74 bits per heavy atom. The van der Waals surface area contributed by atoms with Gasteiger partial charge in [0.2, 0.25) is 0 Å². The third kappa shape index (κ3) is 3.48. The molecular weight excluding hydrogens is 242 g/mol. The van der Waals surface area contributed by atoms with Gasteiger partial charge in [-0.1, -0.05) is 19.3 Å². The van der Waals surface area contributed by atoms with E-state index in [1.807, 2.05) is 13.8 Å². The predicted molar refractivity (Wildman–Crippen MR) is 74.0 cm³/mol. The van der Waals surface area contributed by atoms with Crippen LogP contribution < -0.4 is 5.32 Å². The Balaban J connectivity index is 2.11. The van der Waals surface area contributed by atoms with Crippen molar-refractivity contribution in [1.82, 2.24) is 5.32 Å². The van der Waals surface area contributed by atoms with E-state index in [4.69, 9.17) is 9.47 Å². The highest BCUT2D eigenvalue weighted by Gasteiger charge is 2.46. The Hall–Kier alpha value is -0.610. The molecular formula is C15H27NO3. The van der Waals surface area contributed by atoms with Crippen molar-refractivity contribution in [3.8, 4) is 0 Å². The maximum Gasteiger partial charge on any atom is 0.326 e. The molecule has 1 aliphatic heterocycles. The van der Waals surface area contributed by atoms with Crippen LogP contribution in [-0.4, -0.2) is 36.9 Å². The smallest absolute Gasteiger partial charge is 0.326 e. The van der Waals surface area contributed by atoms with Crippen LogP contribution in [-0.2, 0) is 14.3 Å². The molecule has 2 fully saturated rings. The van der Waals surface area contributed by atoms with Crippen LogP contribution in [0.15, 0.2) is 0 Å². The fourth-order valence-corrected chi connectivity index (χ4v) is 3.73. The molecule has 4 heteroatoms. The summed E-state index contributed by atoms with van der Waals surface area (Å²) in [5, 5.41) is 3.63. The quantitative estimate of drug-likeness (QED) is 0.799. The van der Waals surface area contributed by atoms with Crippen LogP contribution in [0.2, 0.25) is 0 Å². The minimum atomic E-state index is -0.548. The standard InChI is InChI=1S/C15H27NO3/c1-11-9-15(14(17)18-3,10-12(2)19-11)16-13-7-5-4-6-8-13/h11-13,16H,4-10H2,1-3H3. The summed E-state index contributed by atoms with van der Waals surface area (Å²) in [5.74, 6) is -0.125. The summed E-state index contributed by atoms with van der Waals surface area (Å²) in [4.78, 5) is 12.3. The molecule has 1 saturated heterocycles. The van der Waals surface area contributed by atoms with E-state index in [1.165, 1.54) is 39.2 Å². The Morgan fingerprint density at radius 1 is 1.16 bits per heavy atom. The molecule has 2 atom stereocenters. The summed E-state index contributed by atoms with van der Waals surface area (Å²) in [6.45, 7) is 4.08. The second kappa shape index (κ2) is 6.23. The van der Waals surface area contributed by atoms with Crippen molar-refractivity contribution in [2.24, 2.45) is 0 Å². The molecule has 0 radical (unpaired) electrons. The Morgan fingerprint density at radius 3 is 2.26 bits per heavy atom. The van der Waals surface area contributed by atoms with Crippen molar-refractivity contribution < 1.29 is 14.3 Å². The first kappa shape index (κ1) is 14.8. The zero-order valence-electron chi connectivity index (χ0n) is 12.4. The maximum absolute atomic E-state index is 12.3. The van der Waals surface area contributed by atoms with Crippen molar-refractivity contribution >= 4 is 5.97 Å². The lowest BCUT2D eigenvalue weighted by molar-refractivity contribution is -0.160. The van der Waals surface area contributed by atoms with Gasteiger partial charge in [-0.2, -0.15) is 0 Å². The fraction of sp³-hybridized carbons (Fsp3) is 0.933. The third-order valence-corrected chi connectivity index (χ3v) is 4.40. The van der Waals surface area contributed by atoms with Gasteiger partial charge in [-0.05, 0) is 26.7 Å². The number of esters is 1. The number of ether oxygens (including phenoxy) is 2. The zero-order chi connectivity index (χ0) is 13.9. The first-order valence-electron chi connectivity index (χ1n) is 7.57. The van der Waals surface area contributed by atoms with Gasteiger partial charge in [0, 0.05) is 18.9 Å². The third-order valence-electron chi connectivity index (χ3n) is 4.40. The van der Waals surface area contributed by atoms with E-state index < -0.39 is 5.54 Å². The zero-order valence-corrected chi connectivity index (χ0v) is 12.4. The lowest BCUT2D eigenvalue weighted by atomic mass is 9.82. The Labute approximate surface area is 116 Å². The highest BCUT2D eigenvalue weighted by molar-refractivity contribution is 5.81. The van der Waals surface area contributed by atoms with Crippen molar-refractivity contribution in [2.75, 3.05) is 7.11 Å². The van der Waals surface area contributed by atoms with E-state index in [0.717, 1.165) is 0 Å². The number of nitrogens with one attached hydrogen (secondary N) is 1. The largest absolute Gasteiger partial charge is 0.468 e. The van der Waals surface area contributed by atoms with Crippen LogP contribution in [0.3, 0.4) is 0 Å². The molecule has 0 spiro atoms. The number of hydrogen-bond acceptors (Lipinski definition) is 4. The van der Waals surface area contributed by atoms with Crippen LogP contribution in [0, 0.1) is 0 Å². The maximum atomic E-state index is 12.3. The topological polar surface area (TPSA) is 47.6 Å². The average molecular weight is 269 g/mol. The van der Waals surface area contributed by atoms with Crippen LogP contribution in [0.4, 0.5) is 0 Å². The summed E-state index contributed by atoms with van der Waals surface area (Å²) in [5.41, 5.74) is -0.548. The highest BCUT2D eigenvalue weighted by atomic mass is 16.5. The second-order valence-corrected chi connectivity index (χ2v) is 6.22. The number of rotatable bonds is 3. The highest BCUT2D eigenvalue weighted by Crippen LogP contribution is 2.32. The van der Waals surface area contributed by atoms with Crippen molar-refractivity contribution in [2.45, 2.75) is 82.6 Å². The lowest BCUT2D eigenvalue weighted by Gasteiger charge is -2.44. The molecule has 0 aromatic heterocycles. The van der Waals surface area contributed by atoms with Crippen molar-refractivity contribution in [3.05, 3.63) is 0 Å². The van der Waals surface area contributed by atoms with Gasteiger partial charge in [0.15, 0.2) is 0 Å². The van der Waals surface area contributed by atoms with Gasteiger partial charge in [0.1, 0.15) is 5.54 Å². The summed E-state index contributed by atoms with van der Waals surface area (Å²) >= 11 is 0. The first-order valence-corrected chi connectivity index (χ1v) is 7.57. The predicted octanol–water partition coefficient (Wildman–Crippen LogP) is 2.41. The van der Waals surface area contributed by atoms with E-state index in [2.05, 4.69) is 5.32 Å². The SMILES string of the molecule is COC(=O)C1(NC2CCCCC2)CC(C)OC(C)C1. The first-order chi connectivity index (χ1) is 9.05. The number of methoxy groups -OCH3 is 1.